The monoisotopic (exact) mass is 398 g/mol. The van der Waals surface area contributed by atoms with E-state index in [4.69, 9.17) is 14.7 Å². The van der Waals surface area contributed by atoms with Gasteiger partial charge in [-0.1, -0.05) is 49.0 Å². The first-order valence-electron chi connectivity index (χ1n) is 9.28. The summed E-state index contributed by atoms with van der Waals surface area (Å²) in [5, 5.41) is 2.06. The Labute approximate surface area is 167 Å². The van der Waals surface area contributed by atoms with E-state index in [0.29, 0.717) is 12.5 Å². The Bertz CT molecular complexity index is 965. The molecule has 0 aliphatic heterocycles. The largest absolute Gasteiger partial charge is 0.460 e. The number of aromatic nitrogens is 2. The molecule has 2 heterocycles. The van der Waals surface area contributed by atoms with Crippen LogP contribution < -0.4 is 0 Å². The molecular weight excluding hydrogens is 376 g/mol. The maximum absolute atomic E-state index is 12.2. The van der Waals surface area contributed by atoms with Crippen molar-refractivity contribution in [1.29, 1.82) is 0 Å². The zero-order chi connectivity index (χ0) is 18.8. The van der Waals surface area contributed by atoms with Crippen LogP contribution in [0.25, 0.3) is 10.2 Å². The number of nitrogens with zero attached hydrogens (tertiary/aromatic N) is 2. The maximum Gasteiger partial charge on any atom is 0.316 e. The molecule has 1 aliphatic carbocycles. The molecule has 3 aromatic rings. The fourth-order valence-electron chi connectivity index (χ4n) is 3.11. The van der Waals surface area contributed by atoms with Crippen LogP contribution in [0.5, 0.6) is 0 Å². The van der Waals surface area contributed by atoms with Gasteiger partial charge in [0.05, 0.1) is 5.75 Å². The second kappa shape index (κ2) is 7.98. The zero-order valence-corrected chi connectivity index (χ0v) is 17.2. The third-order valence-electron chi connectivity index (χ3n) is 4.70. The molecule has 1 aliphatic rings. The summed E-state index contributed by atoms with van der Waals surface area (Å²) < 4.78 is 5.41. The van der Waals surface area contributed by atoms with E-state index in [1.165, 1.54) is 35.0 Å². The Morgan fingerprint density at radius 2 is 2.04 bits per heavy atom. The highest BCUT2D eigenvalue weighted by Crippen LogP contribution is 2.42. The summed E-state index contributed by atoms with van der Waals surface area (Å²) in [7, 11) is 0. The molecule has 0 saturated heterocycles. The van der Waals surface area contributed by atoms with E-state index in [1.54, 1.807) is 11.3 Å². The summed E-state index contributed by atoms with van der Waals surface area (Å²) in [5.41, 5.74) is 2.30. The lowest BCUT2D eigenvalue weighted by molar-refractivity contribution is -0.141. The molecule has 0 atom stereocenters. The quantitative estimate of drug-likeness (QED) is 0.308. The first-order valence-corrected chi connectivity index (χ1v) is 11.1. The lowest BCUT2D eigenvalue weighted by Gasteiger charge is -2.08. The Morgan fingerprint density at radius 3 is 2.74 bits per heavy atom. The molecule has 27 heavy (non-hydrogen) atoms. The number of hydrogen-bond acceptors (Lipinski definition) is 6. The molecule has 0 N–H and O–H groups in total. The van der Waals surface area contributed by atoms with Gasteiger partial charge in [0.2, 0.25) is 0 Å². The minimum Gasteiger partial charge on any atom is -0.460 e. The van der Waals surface area contributed by atoms with Gasteiger partial charge in [0, 0.05) is 16.2 Å². The van der Waals surface area contributed by atoms with Crippen LogP contribution in [-0.2, 0) is 22.6 Å². The molecule has 140 valence electrons. The average molecular weight is 399 g/mol. The van der Waals surface area contributed by atoms with E-state index in [-0.39, 0.29) is 11.7 Å². The summed E-state index contributed by atoms with van der Waals surface area (Å²) in [6, 6.07) is 9.75. The first-order chi connectivity index (χ1) is 13.2. The second-order valence-electron chi connectivity index (χ2n) is 6.77. The second-order valence-corrected chi connectivity index (χ2v) is 8.93. The van der Waals surface area contributed by atoms with Crippen LogP contribution in [0.4, 0.5) is 0 Å². The van der Waals surface area contributed by atoms with E-state index >= 15 is 0 Å². The van der Waals surface area contributed by atoms with Crippen molar-refractivity contribution in [2.24, 2.45) is 0 Å². The molecule has 0 spiro atoms. The predicted molar refractivity (Wildman–Crippen MR) is 110 cm³/mol. The van der Waals surface area contributed by atoms with Gasteiger partial charge in [0.15, 0.2) is 0 Å². The minimum atomic E-state index is -0.214. The molecular formula is C21H22N2O2S2. The van der Waals surface area contributed by atoms with E-state index in [2.05, 4.69) is 13.8 Å². The van der Waals surface area contributed by atoms with Crippen LogP contribution in [0, 0.1) is 6.92 Å². The number of carbonyl (C=O) groups is 1. The number of rotatable bonds is 7. The Hall–Kier alpha value is -1.92. The van der Waals surface area contributed by atoms with Crippen molar-refractivity contribution in [3.63, 3.8) is 0 Å². The molecule has 0 unspecified atom stereocenters. The number of hydrogen-bond donors (Lipinski definition) is 0. The number of esters is 1. The van der Waals surface area contributed by atoms with Crippen molar-refractivity contribution in [2.45, 2.75) is 50.7 Å². The molecule has 6 heteroatoms. The van der Waals surface area contributed by atoms with Crippen LogP contribution in [0.3, 0.4) is 0 Å². The summed E-state index contributed by atoms with van der Waals surface area (Å²) in [6.45, 7) is 4.61. The normalized spacial score (nSPS) is 13.9. The molecule has 1 fully saturated rings. The van der Waals surface area contributed by atoms with Crippen LogP contribution in [-0.4, -0.2) is 21.7 Å². The number of thioether (sulfide) groups is 1. The topological polar surface area (TPSA) is 52.1 Å². The van der Waals surface area contributed by atoms with Gasteiger partial charge in [-0.2, -0.15) is 0 Å². The lowest BCUT2D eigenvalue weighted by atomic mass is 10.1. The summed E-state index contributed by atoms with van der Waals surface area (Å²) in [5.74, 6) is 1.48. The molecule has 1 aromatic carbocycles. The molecule has 1 saturated carbocycles. The summed E-state index contributed by atoms with van der Waals surface area (Å²) in [4.78, 5) is 24.2. The van der Waals surface area contributed by atoms with E-state index in [9.17, 15) is 4.79 Å². The van der Waals surface area contributed by atoms with Gasteiger partial charge in [-0.15, -0.1) is 11.3 Å². The molecule has 4 nitrogen and oxygen atoms in total. The lowest BCUT2D eigenvalue weighted by Crippen LogP contribution is -2.08. The van der Waals surface area contributed by atoms with Crippen LogP contribution in [0.15, 0.2) is 35.4 Å². The number of benzene rings is 1. The Morgan fingerprint density at radius 1 is 1.26 bits per heavy atom. The van der Waals surface area contributed by atoms with Crippen LogP contribution in [0.2, 0.25) is 0 Å². The smallest absolute Gasteiger partial charge is 0.316 e. The SMILES string of the molecule is CCc1c(C)sc2nc(C3CC3)nc(SCC(=O)OCc3ccccc3)c12. The van der Waals surface area contributed by atoms with Crippen molar-refractivity contribution >= 4 is 39.3 Å². The van der Waals surface area contributed by atoms with Gasteiger partial charge in [-0.3, -0.25) is 4.79 Å². The van der Waals surface area contributed by atoms with Crippen molar-refractivity contribution in [3.8, 4) is 0 Å². The molecule has 0 radical (unpaired) electrons. The third kappa shape index (κ3) is 4.17. The van der Waals surface area contributed by atoms with E-state index < -0.39 is 0 Å². The number of fused-ring (bicyclic) bond motifs is 1. The summed E-state index contributed by atoms with van der Waals surface area (Å²) >= 11 is 3.21. The van der Waals surface area contributed by atoms with Crippen molar-refractivity contribution in [2.75, 3.05) is 5.75 Å². The highest BCUT2D eigenvalue weighted by Gasteiger charge is 2.29. The number of thiophene rings is 1. The Balaban J connectivity index is 1.51. The highest BCUT2D eigenvalue weighted by molar-refractivity contribution is 8.00. The molecule has 2 aromatic heterocycles. The third-order valence-corrected chi connectivity index (χ3v) is 6.69. The van der Waals surface area contributed by atoms with Gasteiger partial charge in [0.1, 0.15) is 22.3 Å². The standard InChI is InChI=1S/C21H22N2O2S2/c1-3-16-13(2)27-21-18(16)20(22-19(23-21)15-9-10-15)26-12-17(24)25-11-14-7-5-4-6-8-14/h4-8,15H,3,9-12H2,1-2H3. The molecule has 4 rings (SSSR count). The fraction of sp³-hybridized carbons (Fsp3) is 0.381. The maximum atomic E-state index is 12.2. The van der Waals surface area contributed by atoms with Gasteiger partial charge < -0.3 is 4.74 Å². The van der Waals surface area contributed by atoms with E-state index in [1.807, 2.05) is 30.3 Å². The molecule has 0 amide bonds. The number of carbonyl (C=O) groups excluding carboxylic acids is 1. The van der Waals surface area contributed by atoms with Gasteiger partial charge in [-0.25, -0.2) is 9.97 Å². The highest BCUT2D eigenvalue weighted by atomic mass is 32.2. The zero-order valence-electron chi connectivity index (χ0n) is 15.5. The van der Waals surface area contributed by atoms with Gasteiger partial charge in [0.25, 0.3) is 0 Å². The fourth-order valence-corrected chi connectivity index (χ4v) is 5.16. The molecule has 0 bridgehead atoms. The van der Waals surface area contributed by atoms with Gasteiger partial charge in [-0.05, 0) is 37.3 Å². The van der Waals surface area contributed by atoms with Crippen LogP contribution >= 0.6 is 23.1 Å². The number of aryl methyl sites for hydroxylation is 2. The van der Waals surface area contributed by atoms with Crippen LogP contribution in [0.1, 0.15) is 47.5 Å². The summed E-state index contributed by atoms with van der Waals surface area (Å²) in [6.07, 6.45) is 3.28. The first kappa shape index (κ1) is 18.4. The Kier molecular flexibility index (Phi) is 5.45. The minimum absolute atomic E-state index is 0.214. The average Bonchev–Trinajstić information content (AvgIpc) is 3.48. The van der Waals surface area contributed by atoms with Gasteiger partial charge >= 0.3 is 5.97 Å². The van der Waals surface area contributed by atoms with Crippen molar-refractivity contribution in [3.05, 3.63) is 52.2 Å². The van der Waals surface area contributed by atoms with E-state index in [0.717, 1.165) is 33.1 Å². The number of ether oxygens (including phenoxy) is 1. The van der Waals surface area contributed by atoms with Crippen molar-refractivity contribution in [1.82, 2.24) is 9.97 Å². The van der Waals surface area contributed by atoms with Crippen molar-refractivity contribution < 1.29 is 9.53 Å². The predicted octanol–water partition coefficient (Wildman–Crippen LogP) is 5.28.